The number of rotatable bonds is 12. The lowest BCUT2D eigenvalue weighted by molar-refractivity contribution is -0.120. The minimum Gasteiger partial charge on any atom is -0.495 e. The second-order valence-corrected chi connectivity index (χ2v) is 16.5. The highest BCUT2D eigenvalue weighted by Crippen LogP contribution is 2.51. The Morgan fingerprint density at radius 1 is 0.942 bits per heavy atom. The zero-order chi connectivity index (χ0) is 38.0. The molecule has 0 bridgehead atoms. The highest BCUT2D eigenvalue weighted by Gasteiger charge is 2.54. The fraction of sp³-hybridized carbons (Fsp3) is 0.447. The molecule has 1 atom stereocenters. The smallest absolute Gasteiger partial charge is 0.274 e. The van der Waals surface area contributed by atoms with E-state index in [0.29, 0.717) is 24.5 Å². The van der Waals surface area contributed by atoms with Gasteiger partial charge in [0.15, 0.2) is 0 Å². The Bertz CT molecular complexity index is 1960. The van der Waals surface area contributed by atoms with Crippen LogP contribution in [-0.4, -0.2) is 102 Å². The second kappa shape index (κ2) is 15.4. The number of anilines is 1. The third-order valence-electron chi connectivity index (χ3n) is 9.38. The van der Waals surface area contributed by atoms with Crippen molar-refractivity contribution in [2.45, 2.75) is 56.9 Å². The van der Waals surface area contributed by atoms with Crippen molar-refractivity contribution in [3.8, 4) is 11.5 Å². The highest BCUT2D eigenvalue weighted by molar-refractivity contribution is 7.93. The second-order valence-electron chi connectivity index (χ2n) is 14.3. The number of nitrogens with zero attached hydrogens (tertiary/aromatic N) is 3. The van der Waals surface area contributed by atoms with Crippen molar-refractivity contribution in [1.29, 1.82) is 0 Å². The summed E-state index contributed by atoms with van der Waals surface area (Å²) in [5.74, 6) is -1.24. The molecule has 1 fully saturated rings. The quantitative estimate of drug-likeness (QED) is 0.253. The van der Waals surface area contributed by atoms with E-state index in [1.54, 1.807) is 37.3 Å². The van der Waals surface area contributed by atoms with Crippen molar-refractivity contribution >= 4 is 45.0 Å². The predicted octanol–water partition coefficient (Wildman–Crippen LogP) is 4.68. The number of benzene rings is 3. The number of piperazine rings is 1. The molecule has 12 nitrogen and oxygen atoms in total. The molecule has 2 aliphatic rings. The topological polar surface area (TPSA) is 138 Å². The average Bonchev–Trinajstić information content (AvgIpc) is 3.33. The van der Waals surface area contributed by atoms with E-state index in [0.717, 1.165) is 43.4 Å². The van der Waals surface area contributed by atoms with Gasteiger partial charge in [-0.1, -0.05) is 11.6 Å². The van der Waals surface area contributed by atoms with Crippen LogP contribution < -0.4 is 24.4 Å². The van der Waals surface area contributed by atoms with Gasteiger partial charge in [0.05, 0.1) is 19.4 Å². The zero-order valence-corrected chi connectivity index (χ0v) is 32.4. The number of nitrogens with one attached hydrogen (secondary N) is 2. The van der Waals surface area contributed by atoms with E-state index < -0.39 is 32.8 Å². The van der Waals surface area contributed by atoms with Gasteiger partial charge in [-0.05, 0) is 115 Å². The van der Waals surface area contributed by atoms with Gasteiger partial charge in [0.2, 0.25) is 0 Å². The van der Waals surface area contributed by atoms with Crippen molar-refractivity contribution in [3.63, 3.8) is 0 Å². The Labute approximate surface area is 311 Å². The number of hydrogen-bond acceptors (Lipinski definition) is 9. The van der Waals surface area contributed by atoms with Gasteiger partial charge in [0.1, 0.15) is 21.8 Å². The normalized spacial score (nSPS) is 18.2. The maximum Gasteiger partial charge on any atom is 0.274 e. The number of amides is 3. The molecule has 5 rings (SSSR count). The summed E-state index contributed by atoms with van der Waals surface area (Å²) < 4.78 is 41.1. The van der Waals surface area contributed by atoms with Crippen LogP contribution in [0.3, 0.4) is 0 Å². The van der Waals surface area contributed by atoms with Crippen LogP contribution in [0, 0.1) is 0 Å². The van der Waals surface area contributed by atoms with E-state index in [4.69, 9.17) is 21.1 Å². The number of likely N-dealkylation sites (N-methyl/N-ethyl adjacent to an activating group) is 1. The molecule has 0 spiro atoms. The van der Waals surface area contributed by atoms with Crippen molar-refractivity contribution in [2.75, 3.05) is 64.3 Å². The standard InChI is InChI=1S/C38H48ClN5O7S/c1-8-51-27-12-14-31-29(24-27)38(5,28-22-25(10-13-30(28)39)34(45)40-16-9-17-43-20-18-42(6)19-21-43)36(47)44(31)52(48,49)33-15-11-26(23-32(33)50-7)35(46)41-37(2,3)4/h10-15,22-24H,8-9,16-21H2,1-7H3,(H,40,45)(H,41,46). The van der Waals surface area contributed by atoms with Gasteiger partial charge in [-0.3, -0.25) is 14.4 Å². The first-order valence-corrected chi connectivity index (χ1v) is 19.2. The Hall–Kier alpha value is -4.17. The molecule has 2 N–H and O–H groups in total. The van der Waals surface area contributed by atoms with Gasteiger partial charge < -0.3 is 29.9 Å². The van der Waals surface area contributed by atoms with Crippen LogP contribution in [0.5, 0.6) is 11.5 Å². The van der Waals surface area contributed by atoms with E-state index in [-0.39, 0.29) is 44.0 Å². The maximum atomic E-state index is 14.8. The van der Waals surface area contributed by atoms with E-state index in [1.165, 1.54) is 31.4 Å². The molecule has 14 heteroatoms. The number of methoxy groups -OCH3 is 1. The summed E-state index contributed by atoms with van der Waals surface area (Å²) in [4.78, 5) is 45.4. The first-order chi connectivity index (χ1) is 24.5. The van der Waals surface area contributed by atoms with E-state index >= 15 is 0 Å². The lowest BCUT2D eigenvalue weighted by atomic mass is 9.76. The molecule has 0 aromatic heterocycles. The van der Waals surface area contributed by atoms with E-state index in [9.17, 15) is 22.8 Å². The highest BCUT2D eigenvalue weighted by atomic mass is 35.5. The number of sulfonamides is 1. The van der Waals surface area contributed by atoms with Gasteiger partial charge in [0, 0.05) is 60.0 Å². The summed E-state index contributed by atoms with van der Waals surface area (Å²) in [6.45, 7) is 14.6. The van der Waals surface area contributed by atoms with Gasteiger partial charge in [0.25, 0.3) is 27.7 Å². The van der Waals surface area contributed by atoms with E-state index in [1.807, 2.05) is 27.7 Å². The average molecular weight is 754 g/mol. The van der Waals surface area contributed by atoms with Crippen LogP contribution in [0.15, 0.2) is 59.5 Å². The molecule has 2 heterocycles. The molecular formula is C38H48ClN5O7S. The minimum atomic E-state index is -4.64. The molecule has 280 valence electrons. The van der Waals surface area contributed by atoms with Gasteiger partial charge in [-0.25, -0.2) is 12.7 Å². The Morgan fingerprint density at radius 2 is 1.62 bits per heavy atom. The van der Waals surface area contributed by atoms with E-state index in [2.05, 4.69) is 27.5 Å². The first-order valence-electron chi connectivity index (χ1n) is 17.4. The van der Waals surface area contributed by atoms with Gasteiger partial charge in [-0.2, -0.15) is 0 Å². The summed E-state index contributed by atoms with van der Waals surface area (Å²) >= 11 is 6.80. The van der Waals surface area contributed by atoms with Crippen LogP contribution in [0.4, 0.5) is 5.69 Å². The lowest BCUT2D eigenvalue weighted by Gasteiger charge is -2.32. The zero-order valence-electron chi connectivity index (χ0n) is 30.8. The fourth-order valence-corrected chi connectivity index (χ4v) is 8.50. The van der Waals surface area contributed by atoms with Crippen molar-refractivity contribution in [3.05, 3.63) is 81.9 Å². The van der Waals surface area contributed by atoms with Crippen molar-refractivity contribution < 1.29 is 32.3 Å². The Balaban J connectivity index is 1.49. The molecule has 3 aromatic carbocycles. The Kier molecular flexibility index (Phi) is 11.6. The van der Waals surface area contributed by atoms with Crippen LogP contribution in [-0.2, 0) is 20.2 Å². The number of fused-ring (bicyclic) bond motifs is 1. The number of ether oxygens (including phenoxy) is 2. The molecule has 3 aromatic rings. The first kappa shape index (κ1) is 39.0. The summed E-state index contributed by atoms with van der Waals surface area (Å²) in [7, 11) is -1.23. The van der Waals surface area contributed by atoms with Crippen LogP contribution >= 0.6 is 11.6 Å². The summed E-state index contributed by atoms with van der Waals surface area (Å²) in [5, 5.41) is 6.00. The van der Waals surface area contributed by atoms with Crippen LogP contribution in [0.1, 0.15) is 72.9 Å². The monoisotopic (exact) mass is 753 g/mol. The maximum absolute atomic E-state index is 14.8. The number of hydrogen-bond donors (Lipinski definition) is 2. The predicted molar refractivity (Wildman–Crippen MR) is 201 cm³/mol. The van der Waals surface area contributed by atoms with Gasteiger partial charge >= 0.3 is 0 Å². The summed E-state index contributed by atoms with van der Waals surface area (Å²) in [5.41, 5.74) is -1.02. The molecule has 1 unspecified atom stereocenters. The fourth-order valence-electron chi connectivity index (χ4n) is 6.54. The van der Waals surface area contributed by atoms with Crippen molar-refractivity contribution in [2.24, 2.45) is 0 Å². The molecule has 2 aliphatic heterocycles. The minimum absolute atomic E-state index is 0.0994. The third kappa shape index (κ3) is 7.92. The molecule has 0 aliphatic carbocycles. The van der Waals surface area contributed by atoms with Crippen molar-refractivity contribution in [1.82, 2.24) is 20.4 Å². The third-order valence-corrected chi connectivity index (χ3v) is 11.4. The SMILES string of the molecule is CCOc1ccc2c(c1)C(C)(c1cc(C(=O)NCCCN3CCN(C)CC3)ccc1Cl)C(=O)N2S(=O)(=O)c1ccc(C(=O)NC(C)(C)C)cc1OC. The van der Waals surface area contributed by atoms with Crippen LogP contribution in [0.2, 0.25) is 5.02 Å². The van der Waals surface area contributed by atoms with Gasteiger partial charge in [-0.15, -0.1) is 0 Å². The Morgan fingerprint density at radius 3 is 2.27 bits per heavy atom. The molecular weight excluding hydrogens is 706 g/mol. The number of carbonyl (C=O) groups excluding carboxylic acids is 3. The largest absolute Gasteiger partial charge is 0.495 e. The summed E-state index contributed by atoms with van der Waals surface area (Å²) in [6, 6.07) is 13.4. The van der Waals surface area contributed by atoms with Crippen LogP contribution in [0.25, 0.3) is 0 Å². The molecule has 0 saturated carbocycles. The molecule has 0 radical (unpaired) electrons. The number of carbonyl (C=O) groups is 3. The molecule has 3 amide bonds. The molecule has 1 saturated heterocycles. The number of halogens is 1. The summed E-state index contributed by atoms with van der Waals surface area (Å²) in [6.07, 6.45) is 0.776. The molecule has 52 heavy (non-hydrogen) atoms. The lowest BCUT2D eigenvalue weighted by Crippen LogP contribution is -2.45.